The molecule has 7 heavy (non-hydrogen) atoms. The van der Waals surface area contributed by atoms with Gasteiger partial charge in [-0.3, -0.25) is 0 Å². The van der Waals surface area contributed by atoms with Crippen molar-refractivity contribution in [3.05, 3.63) is 10.1 Å². The second-order valence-corrected chi connectivity index (χ2v) is 0.641. The summed E-state index contributed by atoms with van der Waals surface area (Å²) >= 11 is 0. The van der Waals surface area contributed by atoms with Gasteiger partial charge in [-0.1, -0.05) is 0 Å². The van der Waals surface area contributed by atoms with Crippen LogP contribution in [0.25, 0.3) is 0 Å². The van der Waals surface area contributed by atoms with Crippen molar-refractivity contribution in [2.45, 2.75) is 6.92 Å². The number of nitrogens with zero attached hydrogens (tertiary/aromatic N) is 1. The summed E-state index contributed by atoms with van der Waals surface area (Å²) in [4.78, 5) is 12.9. The molecule has 0 atom stereocenters. The van der Waals surface area contributed by atoms with E-state index in [1.165, 1.54) is 0 Å². The van der Waals surface area contributed by atoms with Crippen LogP contribution in [0.15, 0.2) is 0 Å². The van der Waals surface area contributed by atoms with Gasteiger partial charge in [0, 0.05) is 0 Å². The van der Waals surface area contributed by atoms with Gasteiger partial charge in [-0.25, -0.2) is 0 Å². The van der Waals surface area contributed by atoms with Gasteiger partial charge in [0.15, 0.2) is 0 Å². The van der Waals surface area contributed by atoms with Gasteiger partial charge in [-0.2, -0.15) is 0 Å². The molecular weight excluding hydrogens is 126 g/mol. The Hall–Kier alpha value is 0.460. The van der Waals surface area contributed by atoms with Gasteiger partial charge in [-0.15, -0.1) is 10.1 Å². The molecule has 4 nitrogen and oxygen atoms in total. The predicted molar refractivity (Wildman–Crippen MR) is 27.2 cm³/mol. The monoisotopic (exact) mass is 133 g/mol. The quantitative estimate of drug-likeness (QED) is 0.284. The molecule has 0 aromatic rings. The number of rotatable bonds is 2. The maximum atomic E-state index is 9.18. The summed E-state index contributed by atoms with van der Waals surface area (Å²) in [6, 6.07) is 0. The molecule has 0 aliphatic rings. The molecule has 0 spiro atoms. The molecule has 0 aromatic heterocycles. The van der Waals surface area contributed by atoms with Crippen LogP contribution in [0.2, 0.25) is 0 Å². The van der Waals surface area contributed by atoms with Crippen molar-refractivity contribution in [3.63, 3.8) is 0 Å². The van der Waals surface area contributed by atoms with Crippen LogP contribution in [0.5, 0.6) is 0 Å². The van der Waals surface area contributed by atoms with Crippen LogP contribution in [-0.2, 0) is 4.84 Å². The van der Waals surface area contributed by atoms with Crippen LogP contribution in [0.1, 0.15) is 6.92 Å². The maximum absolute atomic E-state index is 9.18. The van der Waals surface area contributed by atoms with E-state index in [2.05, 4.69) is 4.84 Å². The standard InChI is InChI=1S/C2H5NO3.Ca.2H/c1-2-6-3(4)5;;;/h2H2,1H3;;;. The molecule has 0 fully saturated rings. The summed E-state index contributed by atoms with van der Waals surface area (Å²) in [6.45, 7) is 1.69. The van der Waals surface area contributed by atoms with E-state index in [4.69, 9.17) is 0 Å². The Morgan fingerprint density at radius 1 is 1.86 bits per heavy atom. The second kappa shape index (κ2) is 6.46. The van der Waals surface area contributed by atoms with Crippen molar-refractivity contribution < 1.29 is 9.92 Å². The van der Waals surface area contributed by atoms with E-state index in [0.717, 1.165) is 0 Å². The predicted octanol–water partition coefficient (Wildman–Crippen LogP) is -0.702. The van der Waals surface area contributed by atoms with E-state index < -0.39 is 5.09 Å². The average Bonchev–Trinajstić information content (AvgIpc) is 1.35. The van der Waals surface area contributed by atoms with Crippen molar-refractivity contribution in [1.82, 2.24) is 0 Å². The van der Waals surface area contributed by atoms with Crippen LogP contribution in [0.3, 0.4) is 0 Å². The molecule has 0 N–H and O–H groups in total. The van der Waals surface area contributed by atoms with E-state index >= 15 is 0 Å². The van der Waals surface area contributed by atoms with Gasteiger partial charge in [0.1, 0.15) is 0 Å². The molecule has 0 amide bonds. The first-order valence-electron chi connectivity index (χ1n) is 1.54. The molecule has 0 rings (SSSR count). The van der Waals surface area contributed by atoms with E-state index in [1.807, 2.05) is 0 Å². The molecule has 0 aliphatic carbocycles. The molecule has 0 aliphatic heterocycles. The molecule has 5 heteroatoms. The van der Waals surface area contributed by atoms with Gasteiger partial charge in [0.05, 0.1) is 6.61 Å². The molecule has 0 heterocycles. The molecule has 0 unspecified atom stereocenters. The molecule has 0 aromatic carbocycles. The average molecular weight is 133 g/mol. The van der Waals surface area contributed by atoms with Gasteiger partial charge in [-0.05, 0) is 6.92 Å². The van der Waals surface area contributed by atoms with Gasteiger partial charge in [0.25, 0.3) is 5.09 Å². The third kappa shape index (κ3) is 10.7. The van der Waals surface area contributed by atoms with Crippen molar-refractivity contribution in [3.8, 4) is 0 Å². The molecule has 0 radical (unpaired) electrons. The molecule has 0 bridgehead atoms. The summed E-state index contributed by atoms with van der Waals surface area (Å²) in [7, 11) is 0. The Morgan fingerprint density at radius 3 is 2.29 bits per heavy atom. The van der Waals surface area contributed by atoms with Gasteiger partial charge in [0.2, 0.25) is 0 Å². The normalized spacial score (nSPS) is 6.43. The fourth-order valence-corrected chi connectivity index (χ4v) is 0.105. The van der Waals surface area contributed by atoms with E-state index in [-0.39, 0.29) is 44.3 Å². The molecule has 40 valence electrons. The summed E-state index contributed by atoms with van der Waals surface area (Å²) in [5.74, 6) is 0. The number of hydrogen-bond acceptors (Lipinski definition) is 3. The fraction of sp³-hybridized carbons (Fsp3) is 1.00. The van der Waals surface area contributed by atoms with Crippen LogP contribution >= 0.6 is 0 Å². The fourth-order valence-electron chi connectivity index (χ4n) is 0.105. The van der Waals surface area contributed by atoms with E-state index in [0.29, 0.717) is 0 Å². The Kier molecular flexibility index (Phi) is 9.64. The minimum atomic E-state index is -0.819. The van der Waals surface area contributed by atoms with E-state index in [1.54, 1.807) is 6.92 Å². The third-order valence-corrected chi connectivity index (χ3v) is 0.235. The Morgan fingerprint density at radius 2 is 2.29 bits per heavy atom. The second-order valence-electron chi connectivity index (χ2n) is 0.641. The zero-order valence-electron chi connectivity index (χ0n) is 3.38. The van der Waals surface area contributed by atoms with Crippen molar-refractivity contribution in [2.24, 2.45) is 0 Å². The van der Waals surface area contributed by atoms with Crippen molar-refractivity contribution in [2.75, 3.05) is 6.61 Å². The first-order chi connectivity index (χ1) is 2.77. The minimum absolute atomic E-state index is 0. The van der Waals surface area contributed by atoms with Crippen molar-refractivity contribution in [1.29, 1.82) is 0 Å². The van der Waals surface area contributed by atoms with Gasteiger partial charge < -0.3 is 4.84 Å². The first-order valence-corrected chi connectivity index (χ1v) is 1.54. The number of hydrogen-bond donors (Lipinski definition) is 0. The Bertz CT molecular complexity index is 56.9. The van der Waals surface area contributed by atoms with Crippen LogP contribution in [0.4, 0.5) is 0 Å². The van der Waals surface area contributed by atoms with Crippen molar-refractivity contribution >= 4 is 37.7 Å². The molecular formula is C2H7CaNO3. The Balaban J connectivity index is 0. The van der Waals surface area contributed by atoms with Gasteiger partial charge >= 0.3 is 37.7 Å². The zero-order chi connectivity index (χ0) is 4.99. The van der Waals surface area contributed by atoms with E-state index in [9.17, 15) is 10.1 Å². The summed E-state index contributed by atoms with van der Waals surface area (Å²) in [5.41, 5.74) is 0. The summed E-state index contributed by atoms with van der Waals surface area (Å²) in [6.07, 6.45) is 0. The SMILES string of the molecule is CCO[N+](=O)[O-].[CaH2]. The topological polar surface area (TPSA) is 52.4 Å². The van der Waals surface area contributed by atoms with Crippen LogP contribution in [0, 0.1) is 10.1 Å². The summed E-state index contributed by atoms with van der Waals surface area (Å²) in [5, 5.41) is 8.36. The Labute approximate surface area is 70.9 Å². The zero-order valence-corrected chi connectivity index (χ0v) is 3.38. The summed E-state index contributed by atoms with van der Waals surface area (Å²) < 4.78 is 0. The van der Waals surface area contributed by atoms with Crippen LogP contribution < -0.4 is 0 Å². The van der Waals surface area contributed by atoms with Crippen LogP contribution in [-0.4, -0.2) is 49.4 Å². The third-order valence-electron chi connectivity index (χ3n) is 0.235. The molecule has 0 saturated carbocycles. The first kappa shape index (κ1) is 10.4. The molecule has 0 saturated heterocycles.